The van der Waals surface area contributed by atoms with Crippen molar-refractivity contribution >= 4 is 51.3 Å². The molecule has 0 atom stereocenters. The topological polar surface area (TPSA) is 131 Å². The van der Waals surface area contributed by atoms with Gasteiger partial charge in [0.05, 0.1) is 27.5 Å². The molecule has 5 aromatic rings. The highest BCUT2D eigenvalue weighted by atomic mass is 32.2. The van der Waals surface area contributed by atoms with Gasteiger partial charge in [0.25, 0.3) is 5.69 Å². The van der Waals surface area contributed by atoms with Gasteiger partial charge in [-0.2, -0.15) is 0 Å². The van der Waals surface area contributed by atoms with Crippen molar-refractivity contribution in [2.45, 2.75) is 5.75 Å². The number of nitro benzene ring substituents is 1. The van der Waals surface area contributed by atoms with Gasteiger partial charge in [-0.15, -0.1) is 11.8 Å². The maximum atomic E-state index is 13.0. The van der Waals surface area contributed by atoms with Gasteiger partial charge in [0.15, 0.2) is 0 Å². The van der Waals surface area contributed by atoms with Crippen molar-refractivity contribution in [3.8, 4) is 11.1 Å². The summed E-state index contributed by atoms with van der Waals surface area (Å²) in [5, 5.41) is 11.8. The quantitative estimate of drug-likeness (QED) is 0.139. The number of fused-ring (bicyclic) bond motifs is 2. The zero-order chi connectivity index (χ0) is 24.4. The highest BCUT2D eigenvalue weighted by molar-refractivity contribution is 7.99. The fraction of sp³-hybridized carbons (Fsp3) is 0.0800. The van der Waals surface area contributed by atoms with Crippen molar-refractivity contribution in [2.24, 2.45) is 0 Å². The average molecular weight is 487 g/mol. The molecule has 5 rings (SSSR count). The van der Waals surface area contributed by atoms with Crippen molar-refractivity contribution < 1.29 is 19.2 Å². The summed E-state index contributed by atoms with van der Waals surface area (Å²) in [6, 6.07) is 20.9. The molecule has 2 heterocycles. The molecule has 0 saturated heterocycles. The zero-order valence-electron chi connectivity index (χ0n) is 18.2. The van der Waals surface area contributed by atoms with Crippen LogP contribution in [0.25, 0.3) is 33.1 Å². The Morgan fingerprint density at radius 1 is 0.971 bits per heavy atom. The monoisotopic (exact) mass is 486 g/mol. The first-order valence-electron chi connectivity index (χ1n) is 10.6. The van der Waals surface area contributed by atoms with Gasteiger partial charge < -0.3 is 14.7 Å². The number of H-pyrrole nitrogens is 2. The number of nitrogens with zero attached hydrogens (tertiary/aromatic N) is 2. The highest BCUT2D eigenvalue weighted by Gasteiger charge is 2.24. The lowest BCUT2D eigenvalue weighted by molar-refractivity contribution is -0.384. The number of nitro groups is 1. The third-order valence-corrected chi connectivity index (χ3v) is 6.28. The van der Waals surface area contributed by atoms with Crippen LogP contribution in [-0.2, 0) is 15.3 Å². The fourth-order valence-corrected chi connectivity index (χ4v) is 4.50. The molecular formula is C25H18N4O5S. The van der Waals surface area contributed by atoms with Gasteiger partial charge in [0.2, 0.25) is 0 Å². The lowest BCUT2D eigenvalue weighted by Gasteiger charge is -2.05. The minimum absolute atomic E-state index is 0.0465. The molecule has 9 nitrogen and oxygen atoms in total. The van der Waals surface area contributed by atoms with Crippen LogP contribution in [0.5, 0.6) is 0 Å². The Morgan fingerprint density at radius 2 is 1.74 bits per heavy atom. The maximum absolute atomic E-state index is 13.0. The van der Waals surface area contributed by atoms with Crippen LogP contribution in [0.15, 0.2) is 72.8 Å². The molecule has 35 heavy (non-hydrogen) atoms. The minimum atomic E-state index is -0.850. The lowest BCUT2D eigenvalue weighted by atomic mass is 10.0. The standard InChI is InChI=1S/C25H18N4O5S/c30-22(14-35-13-21-26-19-8-4-5-9-20(19)27-21)34-25(31)24-23(15-6-2-1-3-7-15)17-12-16(29(32)33)10-11-18(17)28-24/h1-12,28H,13-14H2,(H,26,27). The number of para-hydroxylation sites is 2. The van der Waals surface area contributed by atoms with Gasteiger partial charge >= 0.3 is 11.9 Å². The van der Waals surface area contributed by atoms with E-state index in [9.17, 15) is 19.7 Å². The number of imidazole rings is 1. The first-order chi connectivity index (χ1) is 17.0. The summed E-state index contributed by atoms with van der Waals surface area (Å²) in [6.45, 7) is 0. The Labute approximate surface area is 202 Å². The molecule has 10 heteroatoms. The van der Waals surface area contributed by atoms with Crippen LogP contribution in [-0.4, -0.2) is 37.6 Å². The van der Waals surface area contributed by atoms with Gasteiger partial charge in [-0.1, -0.05) is 42.5 Å². The van der Waals surface area contributed by atoms with Gasteiger partial charge in [0.1, 0.15) is 11.5 Å². The molecular weight excluding hydrogens is 468 g/mol. The van der Waals surface area contributed by atoms with Gasteiger partial charge in [-0.25, -0.2) is 9.78 Å². The number of carbonyl (C=O) groups is 2. The Balaban J connectivity index is 1.34. The van der Waals surface area contributed by atoms with Crippen LogP contribution in [0.2, 0.25) is 0 Å². The normalized spacial score (nSPS) is 11.1. The number of carbonyl (C=O) groups excluding carboxylic acids is 2. The van der Waals surface area contributed by atoms with Crippen LogP contribution in [0.4, 0.5) is 5.69 Å². The summed E-state index contributed by atoms with van der Waals surface area (Å²) < 4.78 is 5.11. The van der Waals surface area contributed by atoms with E-state index in [1.165, 1.54) is 30.0 Å². The number of ether oxygens (including phenoxy) is 1. The Hall–Kier alpha value is -4.44. The van der Waals surface area contributed by atoms with Crippen molar-refractivity contribution in [1.82, 2.24) is 15.0 Å². The second-order valence-corrected chi connectivity index (χ2v) is 8.67. The van der Waals surface area contributed by atoms with Crippen LogP contribution in [0.3, 0.4) is 0 Å². The molecule has 3 aromatic carbocycles. The average Bonchev–Trinajstić information content (AvgIpc) is 3.45. The molecule has 174 valence electrons. The van der Waals surface area contributed by atoms with Gasteiger partial charge in [0, 0.05) is 28.6 Å². The molecule has 0 amide bonds. The number of rotatable bonds is 7. The zero-order valence-corrected chi connectivity index (χ0v) is 19.0. The summed E-state index contributed by atoms with van der Waals surface area (Å²) in [4.78, 5) is 46.7. The van der Waals surface area contributed by atoms with Crippen molar-refractivity contribution in [3.05, 3.63) is 94.4 Å². The molecule has 0 fully saturated rings. The van der Waals surface area contributed by atoms with Gasteiger partial charge in [-0.05, 0) is 23.8 Å². The third kappa shape index (κ3) is 4.64. The number of aromatic nitrogens is 3. The molecule has 0 spiro atoms. The molecule has 0 radical (unpaired) electrons. The van der Waals surface area contributed by atoms with Crippen LogP contribution >= 0.6 is 11.8 Å². The molecule has 2 aromatic heterocycles. The predicted octanol–water partition coefficient (Wildman–Crippen LogP) is 5.24. The number of hydrogen-bond donors (Lipinski definition) is 2. The van der Waals surface area contributed by atoms with E-state index < -0.39 is 16.9 Å². The number of benzene rings is 3. The molecule has 0 bridgehead atoms. The summed E-state index contributed by atoms with van der Waals surface area (Å²) >= 11 is 1.27. The Bertz CT molecular complexity index is 1540. The van der Waals surface area contributed by atoms with E-state index in [-0.39, 0.29) is 17.1 Å². The number of esters is 2. The summed E-state index contributed by atoms with van der Waals surface area (Å²) in [5.41, 5.74) is 3.33. The summed E-state index contributed by atoms with van der Waals surface area (Å²) in [5.74, 6) is -0.422. The van der Waals surface area contributed by atoms with Crippen LogP contribution in [0.1, 0.15) is 16.3 Å². The molecule has 0 aliphatic rings. The maximum Gasteiger partial charge on any atom is 0.363 e. The van der Waals surface area contributed by atoms with E-state index in [1.807, 2.05) is 30.3 Å². The lowest BCUT2D eigenvalue weighted by Crippen LogP contribution is -2.15. The largest absolute Gasteiger partial charge is 0.388 e. The Kier molecular flexibility index (Phi) is 6.02. The molecule has 0 saturated carbocycles. The summed E-state index contributed by atoms with van der Waals surface area (Å²) in [6.07, 6.45) is 0. The highest BCUT2D eigenvalue weighted by Crippen LogP contribution is 2.35. The van der Waals surface area contributed by atoms with E-state index >= 15 is 0 Å². The van der Waals surface area contributed by atoms with Crippen LogP contribution in [0, 0.1) is 10.1 Å². The first kappa shape index (κ1) is 22.4. The smallest absolute Gasteiger partial charge is 0.363 e. The Morgan fingerprint density at radius 3 is 2.51 bits per heavy atom. The van der Waals surface area contributed by atoms with E-state index in [2.05, 4.69) is 15.0 Å². The summed E-state index contributed by atoms with van der Waals surface area (Å²) in [7, 11) is 0. The fourth-order valence-electron chi connectivity index (χ4n) is 3.84. The van der Waals surface area contributed by atoms with E-state index in [0.29, 0.717) is 27.8 Å². The van der Waals surface area contributed by atoms with Crippen molar-refractivity contribution in [1.29, 1.82) is 0 Å². The number of thioether (sulfide) groups is 1. The van der Waals surface area contributed by atoms with E-state index in [4.69, 9.17) is 4.74 Å². The molecule has 0 aliphatic heterocycles. The SMILES string of the molecule is O=C(CSCc1nc2ccccc2[nH]1)OC(=O)c1[nH]c2ccc([N+](=O)[O-])cc2c1-c1ccccc1. The minimum Gasteiger partial charge on any atom is -0.388 e. The van der Waals surface area contributed by atoms with E-state index in [1.54, 1.807) is 24.3 Å². The number of hydrogen-bond acceptors (Lipinski definition) is 7. The second-order valence-electron chi connectivity index (χ2n) is 7.68. The molecule has 0 unspecified atom stereocenters. The van der Waals surface area contributed by atoms with Crippen molar-refractivity contribution in [3.63, 3.8) is 0 Å². The van der Waals surface area contributed by atoms with Crippen LogP contribution < -0.4 is 0 Å². The second kappa shape index (κ2) is 9.43. The third-order valence-electron chi connectivity index (χ3n) is 5.36. The predicted molar refractivity (Wildman–Crippen MR) is 133 cm³/mol. The van der Waals surface area contributed by atoms with Crippen molar-refractivity contribution in [2.75, 3.05) is 5.75 Å². The molecule has 0 aliphatic carbocycles. The van der Waals surface area contributed by atoms with Gasteiger partial charge in [-0.3, -0.25) is 14.9 Å². The number of non-ortho nitro benzene ring substituents is 1. The number of aromatic amines is 2. The molecule has 2 N–H and O–H groups in total. The number of nitrogens with one attached hydrogen (secondary N) is 2. The van der Waals surface area contributed by atoms with E-state index in [0.717, 1.165) is 16.9 Å². The first-order valence-corrected chi connectivity index (χ1v) is 11.8.